The number of nitrogens with one attached hydrogen (secondary N) is 1. The molecule has 1 heterocycles. The second kappa shape index (κ2) is 7.95. The number of halogens is 2. The Balaban J connectivity index is 1.63. The molecule has 0 bridgehead atoms. The lowest BCUT2D eigenvalue weighted by atomic mass is 10.2. The summed E-state index contributed by atoms with van der Waals surface area (Å²) in [7, 11) is 0. The Kier molecular flexibility index (Phi) is 5.95. The molecule has 112 valence electrons. The van der Waals surface area contributed by atoms with E-state index in [4.69, 9.17) is 9.15 Å². The van der Waals surface area contributed by atoms with E-state index in [1.165, 1.54) is 18.2 Å². The Morgan fingerprint density at radius 1 is 1.38 bits per heavy atom. The minimum atomic E-state index is -0.391. The molecular weight excluding hydrogens is 341 g/mol. The summed E-state index contributed by atoms with van der Waals surface area (Å²) in [5.74, 6) is 0.148. The molecule has 0 unspecified atom stereocenters. The number of rotatable bonds is 7. The number of ether oxygens (including phenoxy) is 1. The molecule has 1 aromatic heterocycles. The summed E-state index contributed by atoms with van der Waals surface area (Å²) < 4.78 is 23.9. The quantitative estimate of drug-likeness (QED) is 0.773. The molecule has 0 saturated heterocycles. The lowest BCUT2D eigenvalue weighted by molar-refractivity contribution is 0.0917. The van der Waals surface area contributed by atoms with E-state index in [-0.39, 0.29) is 10.4 Å². The standard InChI is InChI=1S/C15H15BrFNO3/c16-13-9-11(4-5-14(13)17)15(19)18-6-2-7-20-10-12-3-1-8-21-12/h1,3-5,8-9H,2,6-7,10H2,(H,18,19). The molecule has 4 nitrogen and oxygen atoms in total. The fraction of sp³-hybridized carbons (Fsp3) is 0.267. The van der Waals surface area contributed by atoms with Crippen molar-refractivity contribution >= 4 is 21.8 Å². The molecule has 2 rings (SSSR count). The predicted octanol–water partition coefficient (Wildman–Crippen LogP) is 3.52. The SMILES string of the molecule is O=C(NCCCOCc1ccco1)c1ccc(F)c(Br)c1. The summed E-state index contributed by atoms with van der Waals surface area (Å²) in [4.78, 5) is 11.8. The van der Waals surface area contributed by atoms with E-state index in [9.17, 15) is 9.18 Å². The van der Waals surface area contributed by atoms with Gasteiger partial charge in [-0.1, -0.05) is 0 Å². The van der Waals surface area contributed by atoms with Crippen LogP contribution in [0.5, 0.6) is 0 Å². The van der Waals surface area contributed by atoms with Gasteiger partial charge >= 0.3 is 0 Å². The number of amides is 1. The molecule has 6 heteroatoms. The van der Waals surface area contributed by atoms with Gasteiger partial charge in [-0.05, 0) is 52.7 Å². The largest absolute Gasteiger partial charge is 0.467 e. The summed E-state index contributed by atoms with van der Waals surface area (Å²) in [5.41, 5.74) is 0.416. The summed E-state index contributed by atoms with van der Waals surface area (Å²) in [5, 5.41) is 2.75. The van der Waals surface area contributed by atoms with Crippen molar-refractivity contribution in [3.63, 3.8) is 0 Å². The van der Waals surface area contributed by atoms with Crippen LogP contribution in [0.2, 0.25) is 0 Å². The number of carbonyl (C=O) groups excluding carboxylic acids is 1. The summed E-state index contributed by atoms with van der Waals surface area (Å²) in [6.07, 6.45) is 2.29. The topological polar surface area (TPSA) is 51.5 Å². The Morgan fingerprint density at radius 3 is 2.95 bits per heavy atom. The third kappa shape index (κ3) is 4.99. The van der Waals surface area contributed by atoms with Gasteiger partial charge in [0.05, 0.1) is 10.7 Å². The van der Waals surface area contributed by atoms with Crippen molar-refractivity contribution in [2.45, 2.75) is 13.0 Å². The molecule has 0 aliphatic carbocycles. The van der Waals surface area contributed by atoms with Crippen LogP contribution in [0.4, 0.5) is 4.39 Å². The van der Waals surface area contributed by atoms with Crippen LogP contribution in [-0.2, 0) is 11.3 Å². The lowest BCUT2D eigenvalue weighted by Crippen LogP contribution is -2.25. The monoisotopic (exact) mass is 355 g/mol. The molecular formula is C15H15BrFNO3. The summed E-state index contributed by atoms with van der Waals surface area (Å²) in [6.45, 7) is 1.44. The maximum Gasteiger partial charge on any atom is 0.251 e. The van der Waals surface area contributed by atoms with E-state index in [1.54, 1.807) is 12.3 Å². The molecule has 0 aliphatic rings. The van der Waals surface area contributed by atoms with Gasteiger partial charge in [0.2, 0.25) is 0 Å². The third-order valence-electron chi connectivity index (χ3n) is 2.76. The Bertz CT molecular complexity index is 587. The van der Waals surface area contributed by atoms with Gasteiger partial charge in [0.1, 0.15) is 18.2 Å². The van der Waals surface area contributed by atoms with E-state index in [2.05, 4.69) is 21.2 Å². The Hall–Kier alpha value is -1.66. The van der Waals surface area contributed by atoms with E-state index in [0.29, 0.717) is 31.7 Å². The maximum absolute atomic E-state index is 13.1. The van der Waals surface area contributed by atoms with Crippen molar-refractivity contribution in [2.75, 3.05) is 13.2 Å². The van der Waals surface area contributed by atoms with Crippen LogP contribution in [0.25, 0.3) is 0 Å². The van der Waals surface area contributed by atoms with Gasteiger partial charge in [-0.25, -0.2) is 4.39 Å². The van der Waals surface area contributed by atoms with Gasteiger partial charge in [0, 0.05) is 18.7 Å². The third-order valence-corrected chi connectivity index (χ3v) is 3.36. The molecule has 2 aromatic rings. The van der Waals surface area contributed by atoms with Crippen molar-refractivity contribution in [2.24, 2.45) is 0 Å². The Labute approximate surface area is 130 Å². The molecule has 1 aromatic carbocycles. The highest BCUT2D eigenvalue weighted by molar-refractivity contribution is 9.10. The van der Waals surface area contributed by atoms with Crippen LogP contribution < -0.4 is 5.32 Å². The average Bonchev–Trinajstić information content (AvgIpc) is 2.98. The second-order valence-electron chi connectivity index (χ2n) is 4.37. The first-order chi connectivity index (χ1) is 10.2. The highest BCUT2D eigenvalue weighted by Crippen LogP contribution is 2.16. The van der Waals surface area contributed by atoms with Crippen molar-refractivity contribution in [1.29, 1.82) is 0 Å². The smallest absolute Gasteiger partial charge is 0.251 e. The zero-order valence-electron chi connectivity index (χ0n) is 11.3. The van der Waals surface area contributed by atoms with E-state index < -0.39 is 5.82 Å². The number of hydrogen-bond acceptors (Lipinski definition) is 3. The van der Waals surface area contributed by atoms with Crippen LogP contribution in [-0.4, -0.2) is 19.1 Å². The Morgan fingerprint density at radius 2 is 2.24 bits per heavy atom. The molecule has 21 heavy (non-hydrogen) atoms. The van der Waals surface area contributed by atoms with Crippen molar-refractivity contribution < 1.29 is 18.3 Å². The summed E-state index contributed by atoms with van der Waals surface area (Å²) in [6, 6.07) is 7.81. The van der Waals surface area contributed by atoms with Crippen LogP contribution >= 0.6 is 15.9 Å². The molecule has 0 atom stereocenters. The van der Waals surface area contributed by atoms with Crippen molar-refractivity contribution in [3.05, 3.63) is 58.2 Å². The molecule has 0 fully saturated rings. The fourth-order valence-corrected chi connectivity index (χ4v) is 2.06. The highest BCUT2D eigenvalue weighted by Gasteiger charge is 2.07. The molecule has 0 aliphatic heterocycles. The van der Waals surface area contributed by atoms with Crippen LogP contribution in [0.3, 0.4) is 0 Å². The van der Waals surface area contributed by atoms with Gasteiger partial charge in [0.25, 0.3) is 5.91 Å². The number of benzene rings is 1. The zero-order chi connectivity index (χ0) is 15.1. The number of furan rings is 1. The first kappa shape index (κ1) is 15.7. The van der Waals surface area contributed by atoms with Crippen LogP contribution in [0.1, 0.15) is 22.5 Å². The van der Waals surface area contributed by atoms with Crippen molar-refractivity contribution in [1.82, 2.24) is 5.32 Å². The van der Waals surface area contributed by atoms with E-state index in [1.807, 2.05) is 6.07 Å². The molecule has 0 saturated carbocycles. The van der Waals surface area contributed by atoms with Gasteiger partial charge in [-0.3, -0.25) is 4.79 Å². The molecule has 0 spiro atoms. The zero-order valence-corrected chi connectivity index (χ0v) is 12.9. The number of carbonyl (C=O) groups is 1. The highest BCUT2D eigenvalue weighted by atomic mass is 79.9. The normalized spacial score (nSPS) is 10.6. The maximum atomic E-state index is 13.1. The van der Waals surface area contributed by atoms with Crippen molar-refractivity contribution in [3.8, 4) is 0 Å². The second-order valence-corrected chi connectivity index (χ2v) is 5.22. The molecule has 1 amide bonds. The van der Waals surface area contributed by atoms with Crippen LogP contribution in [0.15, 0.2) is 45.5 Å². The lowest BCUT2D eigenvalue weighted by Gasteiger charge is -2.06. The van der Waals surface area contributed by atoms with Gasteiger partial charge < -0.3 is 14.5 Å². The van der Waals surface area contributed by atoms with E-state index >= 15 is 0 Å². The predicted molar refractivity (Wildman–Crippen MR) is 79.4 cm³/mol. The summed E-state index contributed by atoms with van der Waals surface area (Å²) >= 11 is 3.05. The average molecular weight is 356 g/mol. The minimum Gasteiger partial charge on any atom is -0.467 e. The van der Waals surface area contributed by atoms with E-state index in [0.717, 1.165) is 5.76 Å². The van der Waals surface area contributed by atoms with Gasteiger partial charge in [-0.15, -0.1) is 0 Å². The molecule has 1 N–H and O–H groups in total. The first-order valence-electron chi connectivity index (χ1n) is 6.50. The van der Waals surface area contributed by atoms with Crippen LogP contribution in [0, 0.1) is 5.82 Å². The van der Waals surface area contributed by atoms with Gasteiger partial charge in [-0.2, -0.15) is 0 Å². The van der Waals surface area contributed by atoms with Gasteiger partial charge in [0.15, 0.2) is 0 Å². The fourth-order valence-electron chi connectivity index (χ4n) is 1.68. The minimum absolute atomic E-state index is 0.235. The number of hydrogen-bond donors (Lipinski definition) is 1. The first-order valence-corrected chi connectivity index (χ1v) is 7.29. The molecule has 0 radical (unpaired) electrons.